The summed E-state index contributed by atoms with van der Waals surface area (Å²) in [6.45, 7) is 10.1. The van der Waals surface area contributed by atoms with Gasteiger partial charge in [0, 0.05) is 30.8 Å². The molecule has 0 saturated carbocycles. The molecule has 1 aromatic heterocycles. The van der Waals surface area contributed by atoms with E-state index in [9.17, 15) is 9.59 Å². The largest absolute Gasteiger partial charge is 0.383 e. The highest BCUT2D eigenvalue weighted by molar-refractivity contribution is 7.09. The van der Waals surface area contributed by atoms with E-state index in [1.807, 2.05) is 58.8 Å². The zero-order chi connectivity index (χ0) is 26.8. The Bertz CT molecular complexity index is 1100. The first kappa shape index (κ1) is 28.4. The Morgan fingerprint density at radius 2 is 1.54 bits per heavy atom. The maximum absolute atomic E-state index is 13.6. The Labute approximate surface area is 225 Å². The average Bonchev–Trinajstić information content (AvgIpc) is 3.39. The van der Waals surface area contributed by atoms with Gasteiger partial charge in [-0.1, -0.05) is 82.3 Å². The van der Waals surface area contributed by atoms with E-state index < -0.39 is 0 Å². The summed E-state index contributed by atoms with van der Waals surface area (Å²) in [4.78, 5) is 31.7. The molecule has 0 aliphatic heterocycles. The number of ether oxygens (including phenoxy) is 1. The highest BCUT2D eigenvalue weighted by atomic mass is 32.1. The number of thiophene rings is 1. The first-order chi connectivity index (χ1) is 17.8. The maximum atomic E-state index is 13.6. The summed E-state index contributed by atoms with van der Waals surface area (Å²) in [5.41, 5.74) is 4.06. The van der Waals surface area contributed by atoms with E-state index >= 15 is 0 Å². The second kappa shape index (κ2) is 14.0. The van der Waals surface area contributed by atoms with Gasteiger partial charge in [-0.3, -0.25) is 4.79 Å². The molecule has 1 heterocycles. The van der Waals surface area contributed by atoms with Crippen molar-refractivity contribution in [3.63, 3.8) is 0 Å². The van der Waals surface area contributed by atoms with Gasteiger partial charge in [-0.15, -0.1) is 11.3 Å². The molecule has 2 aromatic carbocycles. The maximum Gasteiger partial charge on any atom is 0.322 e. The first-order valence-electron chi connectivity index (χ1n) is 12.8. The molecule has 6 nitrogen and oxygen atoms in total. The Morgan fingerprint density at radius 3 is 2.11 bits per heavy atom. The van der Waals surface area contributed by atoms with Crippen molar-refractivity contribution in [2.75, 3.05) is 32.1 Å². The van der Waals surface area contributed by atoms with Gasteiger partial charge in [0.2, 0.25) is 5.91 Å². The number of carbonyl (C=O) groups is 2. The van der Waals surface area contributed by atoms with E-state index in [0.717, 1.165) is 27.3 Å². The van der Waals surface area contributed by atoms with Gasteiger partial charge in [0.1, 0.15) is 6.54 Å². The number of hydrogen-bond acceptors (Lipinski definition) is 4. The van der Waals surface area contributed by atoms with Crippen LogP contribution in [0.15, 0.2) is 66.0 Å². The van der Waals surface area contributed by atoms with E-state index in [-0.39, 0.29) is 30.3 Å². The monoisotopic (exact) mass is 521 g/mol. The third-order valence-electron chi connectivity index (χ3n) is 6.28. The number of anilines is 1. The molecule has 0 saturated heterocycles. The Hall–Kier alpha value is -3.16. The highest BCUT2D eigenvalue weighted by Gasteiger charge is 2.24. The molecule has 0 unspecified atom stereocenters. The normalized spacial score (nSPS) is 11.1. The molecule has 198 valence electrons. The van der Waals surface area contributed by atoms with Crippen molar-refractivity contribution in [1.29, 1.82) is 0 Å². The third-order valence-corrected chi connectivity index (χ3v) is 7.14. The van der Waals surface area contributed by atoms with Crippen LogP contribution in [0.25, 0.3) is 0 Å². The molecular formula is C30H39N3O3S. The molecule has 0 radical (unpaired) electrons. The van der Waals surface area contributed by atoms with Crippen LogP contribution in [-0.4, -0.2) is 48.5 Å². The van der Waals surface area contributed by atoms with Gasteiger partial charge in [-0.25, -0.2) is 4.79 Å². The molecule has 3 aromatic rings. The van der Waals surface area contributed by atoms with Crippen molar-refractivity contribution < 1.29 is 14.3 Å². The number of benzene rings is 2. The summed E-state index contributed by atoms with van der Waals surface area (Å²) in [6.07, 6.45) is 0. The lowest BCUT2D eigenvalue weighted by atomic mass is 9.93. The summed E-state index contributed by atoms with van der Waals surface area (Å²) in [6, 6.07) is 19.8. The number of amides is 3. The second-order valence-electron chi connectivity index (χ2n) is 9.78. The average molecular weight is 522 g/mol. The number of nitrogens with one attached hydrogen (secondary N) is 1. The predicted molar refractivity (Wildman–Crippen MR) is 152 cm³/mol. The van der Waals surface area contributed by atoms with E-state index in [1.54, 1.807) is 23.3 Å². The van der Waals surface area contributed by atoms with Crippen LogP contribution in [0.2, 0.25) is 0 Å². The van der Waals surface area contributed by atoms with Gasteiger partial charge < -0.3 is 19.9 Å². The number of carbonyl (C=O) groups excluding carboxylic acids is 2. The smallest absolute Gasteiger partial charge is 0.322 e. The molecule has 3 amide bonds. The van der Waals surface area contributed by atoms with E-state index in [1.165, 1.54) is 0 Å². The van der Waals surface area contributed by atoms with Gasteiger partial charge in [-0.05, 0) is 40.0 Å². The van der Waals surface area contributed by atoms with Gasteiger partial charge in [0.25, 0.3) is 0 Å². The van der Waals surface area contributed by atoms with Crippen LogP contribution >= 0.6 is 11.3 Å². The number of para-hydroxylation sites is 1. The van der Waals surface area contributed by atoms with Crippen LogP contribution in [0.1, 0.15) is 61.1 Å². The van der Waals surface area contributed by atoms with Crippen molar-refractivity contribution in [3.8, 4) is 0 Å². The summed E-state index contributed by atoms with van der Waals surface area (Å²) in [7, 11) is 1.60. The fraction of sp³-hybridized carbons (Fsp3) is 0.400. The Kier molecular flexibility index (Phi) is 10.7. The highest BCUT2D eigenvalue weighted by Crippen LogP contribution is 2.32. The zero-order valence-corrected chi connectivity index (χ0v) is 23.4. The summed E-state index contributed by atoms with van der Waals surface area (Å²) in [5.74, 6) is 0.384. The molecule has 7 heteroatoms. The lowest BCUT2D eigenvalue weighted by Gasteiger charge is -2.29. The molecule has 37 heavy (non-hydrogen) atoms. The fourth-order valence-electron chi connectivity index (χ4n) is 4.23. The number of rotatable bonds is 12. The number of hydrogen-bond donors (Lipinski definition) is 1. The quantitative estimate of drug-likeness (QED) is 0.288. The molecule has 3 rings (SSSR count). The van der Waals surface area contributed by atoms with Crippen LogP contribution in [0.3, 0.4) is 0 Å². The van der Waals surface area contributed by atoms with Crippen LogP contribution in [0, 0.1) is 0 Å². The second-order valence-corrected chi connectivity index (χ2v) is 10.8. The zero-order valence-electron chi connectivity index (χ0n) is 22.6. The number of urea groups is 1. The molecule has 1 N–H and O–H groups in total. The van der Waals surface area contributed by atoms with E-state index in [4.69, 9.17) is 4.74 Å². The standard InChI is InChI=1S/C30H39N3O3S/c1-22(2)26-14-9-15-27(23(3)4)29(26)31-30(35)32(16-17-36-5)21-28(34)33(20-25-13-10-18-37-25)19-24-11-7-6-8-12-24/h6-15,18,22-23H,16-17,19-21H2,1-5H3,(H,31,35). The van der Waals surface area contributed by atoms with Crippen molar-refractivity contribution in [3.05, 3.63) is 87.6 Å². The summed E-state index contributed by atoms with van der Waals surface area (Å²) >= 11 is 1.62. The Balaban J connectivity index is 1.83. The lowest BCUT2D eigenvalue weighted by molar-refractivity contribution is -0.133. The third kappa shape index (κ3) is 8.17. The van der Waals surface area contributed by atoms with Crippen LogP contribution in [0.4, 0.5) is 10.5 Å². The van der Waals surface area contributed by atoms with Crippen LogP contribution in [0.5, 0.6) is 0 Å². The minimum atomic E-state index is -0.295. The Morgan fingerprint density at radius 1 is 0.865 bits per heavy atom. The van der Waals surface area contributed by atoms with Crippen LogP contribution < -0.4 is 5.32 Å². The SMILES string of the molecule is COCCN(CC(=O)N(Cc1ccccc1)Cc1cccs1)C(=O)Nc1c(C(C)C)cccc1C(C)C. The predicted octanol–water partition coefficient (Wildman–Crippen LogP) is 6.70. The molecule has 0 atom stereocenters. The molecule has 0 spiro atoms. The fourth-order valence-corrected chi connectivity index (χ4v) is 4.94. The molecule has 0 aliphatic carbocycles. The van der Waals surface area contributed by atoms with Gasteiger partial charge in [0.15, 0.2) is 0 Å². The number of methoxy groups -OCH3 is 1. The topological polar surface area (TPSA) is 61.9 Å². The van der Waals surface area contributed by atoms with Crippen molar-refractivity contribution in [2.24, 2.45) is 0 Å². The van der Waals surface area contributed by atoms with E-state index in [2.05, 4.69) is 45.1 Å². The number of nitrogens with zero attached hydrogens (tertiary/aromatic N) is 2. The first-order valence-corrected chi connectivity index (χ1v) is 13.7. The van der Waals surface area contributed by atoms with Gasteiger partial charge >= 0.3 is 6.03 Å². The lowest BCUT2D eigenvalue weighted by Crippen LogP contribution is -2.45. The van der Waals surface area contributed by atoms with Crippen molar-refractivity contribution in [2.45, 2.75) is 52.6 Å². The van der Waals surface area contributed by atoms with Gasteiger partial charge in [0.05, 0.1) is 13.2 Å². The van der Waals surface area contributed by atoms with Crippen molar-refractivity contribution >= 4 is 29.0 Å². The van der Waals surface area contributed by atoms with Crippen molar-refractivity contribution in [1.82, 2.24) is 9.80 Å². The van der Waals surface area contributed by atoms with Crippen LogP contribution in [-0.2, 0) is 22.6 Å². The minimum Gasteiger partial charge on any atom is -0.383 e. The summed E-state index contributed by atoms with van der Waals surface area (Å²) < 4.78 is 5.27. The minimum absolute atomic E-state index is 0.0335. The van der Waals surface area contributed by atoms with E-state index in [0.29, 0.717) is 26.2 Å². The molecular weight excluding hydrogens is 482 g/mol. The van der Waals surface area contributed by atoms with Gasteiger partial charge in [-0.2, -0.15) is 0 Å². The molecule has 0 bridgehead atoms. The summed E-state index contributed by atoms with van der Waals surface area (Å²) in [5, 5.41) is 5.16. The molecule has 0 aliphatic rings. The molecule has 0 fully saturated rings.